The van der Waals surface area contributed by atoms with Gasteiger partial charge in [0.05, 0.1) is 12.3 Å². The van der Waals surface area contributed by atoms with Crippen LogP contribution in [0.4, 0.5) is 5.69 Å². The molecule has 0 saturated carbocycles. The number of rotatable bonds is 4. The second-order valence-corrected chi connectivity index (χ2v) is 7.17. The smallest absolute Gasteiger partial charge is 0.236 e. The number of carbonyl (C=O) groups is 1. The Labute approximate surface area is 173 Å². The highest BCUT2D eigenvalue weighted by Gasteiger charge is 2.32. The first-order chi connectivity index (χ1) is 14.7. The van der Waals surface area contributed by atoms with Crippen LogP contribution in [0.15, 0.2) is 77.3 Å². The molecule has 1 aliphatic heterocycles. The monoisotopic (exact) mass is 397 g/mol. The van der Waals surface area contributed by atoms with Crippen molar-refractivity contribution in [2.24, 2.45) is 0 Å². The summed E-state index contributed by atoms with van der Waals surface area (Å²) in [5.41, 5.74) is 3.32. The normalized spacial score (nSPS) is 12.6. The second-order valence-electron chi connectivity index (χ2n) is 7.17. The summed E-state index contributed by atoms with van der Waals surface area (Å²) >= 11 is 0. The molecule has 0 aliphatic carbocycles. The number of aryl methyl sites for hydroxylation is 1. The van der Waals surface area contributed by atoms with E-state index in [0.717, 1.165) is 22.4 Å². The molecule has 6 heteroatoms. The summed E-state index contributed by atoms with van der Waals surface area (Å²) in [6.45, 7) is 1.78. The summed E-state index contributed by atoms with van der Waals surface area (Å²) in [5.74, 6) is 1.91. The lowest BCUT2D eigenvalue weighted by atomic mass is 9.87. The number of aromatic nitrogens is 2. The zero-order chi connectivity index (χ0) is 20.5. The van der Waals surface area contributed by atoms with Crippen LogP contribution in [0.2, 0.25) is 0 Å². The van der Waals surface area contributed by atoms with Gasteiger partial charge in [-0.2, -0.15) is 4.98 Å². The Morgan fingerprint density at radius 1 is 0.933 bits per heavy atom. The molecule has 3 aromatic carbocycles. The molecular weight excluding hydrogens is 378 g/mol. The third kappa shape index (κ3) is 3.33. The highest BCUT2D eigenvalue weighted by molar-refractivity contribution is 6.00. The Hall–Kier alpha value is -3.93. The molecule has 0 fully saturated rings. The topological polar surface area (TPSA) is 77.2 Å². The van der Waals surface area contributed by atoms with Crippen molar-refractivity contribution in [2.75, 3.05) is 5.32 Å². The fourth-order valence-corrected chi connectivity index (χ4v) is 3.77. The van der Waals surface area contributed by atoms with E-state index in [4.69, 9.17) is 9.26 Å². The van der Waals surface area contributed by atoms with Crippen molar-refractivity contribution in [3.8, 4) is 11.5 Å². The molecule has 5 rings (SSSR count). The van der Waals surface area contributed by atoms with Crippen molar-refractivity contribution >= 4 is 11.6 Å². The van der Waals surface area contributed by atoms with Crippen molar-refractivity contribution < 1.29 is 14.1 Å². The Balaban J connectivity index is 1.48. The molecule has 148 valence electrons. The van der Waals surface area contributed by atoms with Gasteiger partial charge in [-0.05, 0) is 30.7 Å². The molecule has 0 radical (unpaired) electrons. The maximum absolute atomic E-state index is 13.5. The fourth-order valence-electron chi connectivity index (χ4n) is 3.77. The van der Waals surface area contributed by atoms with Crippen LogP contribution in [-0.4, -0.2) is 16.0 Å². The van der Waals surface area contributed by atoms with Gasteiger partial charge in [0.2, 0.25) is 11.8 Å². The Kier molecular flexibility index (Phi) is 4.52. The summed E-state index contributed by atoms with van der Waals surface area (Å²) in [7, 11) is 0. The summed E-state index contributed by atoms with van der Waals surface area (Å²) in [6.07, 6.45) is 0.443. The number of anilines is 1. The molecule has 0 unspecified atom stereocenters. The number of ether oxygens (including phenoxy) is 1. The van der Waals surface area contributed by atoms with E-state index in [0.29, 0.717) is 29.6 Å². The van der Waals surface area contributed by atoms with Crippen LogP contribution >= 0.6 is 0 Å². The van der Waals surface area contributed by atoms with Crippen molar-refractivity contribution in [3.05, 3.63) is 101 Å². The Bertz CT molecular complexity index is 1190. The van der Waals surface area contributed by atoms with E-state index in [1.807, 2.05) is 72.8 Å². The van der Waals surface area contributed by atoms with E-state index in [9.17, 15) is 4.79 Å². The molecule has 1 N–H and O–H groups in total. The lowest BCUT2D eigenvalue weighted by molar-refractivity contribution is -0.116. The number of nitrogens with zero attached hydrogens (tertiary/aromatic N) is 2. The minimum atomic E-state index is -0.468. The first kappa shape index (κ1) is 18.1. The number of hydrogen-bond donors (Lipinski definition) is 1. The number of para-hydroxylation sites is 3. The number of amides is 1. The minimum absolute atomic E-state index is 0.118. The standard InChI is InChI=1S/C24H19N3O3/c1-15-25-22(30-27-15)14-16-8-2-5-11-19(16)26-24(28)23-17-9-3-6-12-20(17)29-21-13-7-4-10-18(21)23/h2-13,23H,14H2,1H3,(H,26,28). The van der Waals surface area contributed by atoms with Gasteiger partial charge in [-0.15, -0.1) is 0 Å². The van der Waals surface area contributed by atoms with Gasteiger partial charge in [0.1, 0.15) is 11.5 Å². The van der Waals surface area contributed by atoms with E-state index in [2.05, 4.69) is 15.5 Å². The molecule has 30 heavy (non-hydrogen) atoms. The SMILES string of the molecule is Cc1noc(Cc2ccccc2NC(=O)C2c3ccccc3Oc3ccccc32)n1. The molecule has 6 nitrogen and oxygen atoms in total. The maximum atomic E-state index is 13.5. The predicted molar refractivity (Wildman–Crippen MR) is 112 cm³/mol. The van der Waals surface area contributed by atoms with Crippen LogP contribution in [0.1, 0.15) is 34.3 Å². The van der Waals surface area contributed by atoms with E-state index in [1.54, 1.807) is 6.92 Å². The van der Waals surface area contributed by atoms with Crippen molar-refractivity contribution in [3.63, 3.8) is 0 Å². The summed E-state index contributed by atoms with van der Waals surface area (Å²) in [4.78, 5) is 17.8. The lowest BCUT2D eigenvalue weighted by Gasteiger charge is -2.27. The van der Waals surface area contributed by atoms with Crippen LogP contribution in [0.5, 0.6) is 11.5 Å². The van der Waals surface area contributed by atoms with Crippen molar-refractivity contribution in [2.45, 2.75) is 19.3 Å². The zero-order valence-electron chi connectivity index (χ0n) is 16.3. The largest absolute Gasteiger partial charge is 0.457 e. The van der Waals surface area contributed by atoms with Crippen LogP contribution in [-0.2, 0) is 11.2 Å². The molecule has 0 atom stereocenters. The Morgan fingerprint density at radius 3 is 2.23 bits per heavy atom. The van der Waals surface area contributed by atoms with Gasteiger partial charge >= 0.3 is 0 Å². The van der Waals surface area contributed by atoms with Crippen molar-refractivity contribution in [1.82, 2.24) is 10.1 Å². The summed E-state index contributed by atoms with van der Waals surface area (Å²) in [6, 6.07) is 22.9. The number of hydrogen-bond acceptors (Lipinski definition) is 5. The van der Waals surface area contributed by atoms with Crippen LogP contribution < -0.4 is 10.1 Å². The minimum Gasteiger partial charge on any atom is -0.457 e. The maximum Gasteiger partial charge on any atom is 0.236 e. The van der Waals surface area contributed by atoms with Crippen molar-refractivity contribution in [1.29, 1.82) is 0 Å². The van der Waals surface area contributed by atoms with E-state index < -0.39 is 5.92 Å². The van der Waals surface area contributed by atoms with E-state index >= 15 is 0 Å². The third-order valence-corrected chi connectivity index (χ3v) is 5.13. The molecule has 1 aromatic heterocycles. The number of benzene rings is 3. The van der Waals surface area contributed by atoms with Gasteiger partial charge in [-0.3, -0.25) is 4.79 Å². The molecule has 1 amide bonds. The molecular formula is C24H19N3O3. The average Bonchev–Trinajstić information content (AvgIpc) is 3.17. The first-order valence-corrected chi connectivity index (χ1v) is 9.73. The lowest BCUT2D eigenvalue weighted by Crippen LogP contribution is -2.25. The predicted octanol–water partition coefficient (Wildman–Crippen LogP) is 4.85. The molecule has 4 aromatic rings. The number of nitrogens with one attached hydrogen (secondary N) is 1. The van der Waals surface area contributed by atoms with E-state index in [1.165, 1.54) is 0 Å². The van der Waals surface area contributed by atoms with Gasteiger partial charge in [0, 0.05) is 16.8 Å². The molecule has 0 spiro atoms. The highest BCUT2D eigenvalue weighted by Crippen LogP contribution is 2.44. The molecule has 0 bridgehead atoms. The highest BCUT2D eigenvalue weighted by atomic mass is 16.5. The van der Waals surface area contributed by atoms with Crippen LogP contribution in [0.25, 0.3) is 0 Å². The molecule has 1 aliphatic rings. The average molecular weight is 397 g/mol. The fraction of sp³-hybridized carbons (Fsp3) is 0.125. The van der Waals surface area contributed by atoms with Gasteiger partial charge < -0.3 is 14.6 Å². The third-order valence-electron chi connectivity index (χ3n) is 5.13. The van der Waals surface area contributed by atoms with Crippen LogP contribution in [0.3, 0.4) is 0 Å². The van der Waals surface area contributed by atoms with Crippen LogP contribution in [0, 0.1) is 6.92 Å². The zero-order valence-corrected chi connectivity index (χ0v) is 16.3. The van der Waals surface area contributed by atoms with Gasteiger partial charge in [-0.1, -0.05) is 59.8 Å². The quantitative estimate of drug-likeness (QED) is 0.533. The second kappa shape index (κ2) is 7.48. The van der Waals surface area contributed by atoms with Gasteiger partial charge in [-0.25, -0.2) is 0 Å². The summed E-state index contributed by atoms with van der Waals surface area (Å²) < 4.78 is 11.3. The number of carbonyl (C=O) groups excluding carboxylic acids is 1. The molecule has 2 heterocycles. The van der Waals surface area contributed by atoms with Gasteiger partial charge in [0.15, 0.2) is 5.82 Å². The summed E-state index contributed by atoms with van der Waals surface area (Å²) in [5, 5.41) is 6.94. The van der Waals surface area contributed by atoms with E-state index in [-0.39, 0.29) is 5.91 Å². The Morgan fingerprint density at radius 2 is 1.57 bits per heavy atom. The first-order valence-electron chi connectivity index (χ1n) is 9.73. The molecule has 0 saturated heterocycles. The van der Waals surface area contributed by atoms with Gasteiger partial charge in [0.25, 0.3) is 0 Å². The number of fused-ring (bicyclic) bond motifs is 2.